The maximum Gasteiger partial charge on any atom is 0.293 e. The summed E-state index contributed by atoms with van der Waals surface area (Å²) in [4.78, 5) is 21.6. The summed E-state index contributed by atoms with van der Waals surface area (Å²) >= 11 is 0. The molecule has 0 saturated carbocycles. The summed E-state index contributed by atoms with van der Waals surface area (Å²) in [6.45, 7) is 3.07. The predicted octanol–water partition coefficient (Wildman–Crippen LogP) is 0.0548. The molecular weight excluding hydrogens is 156 g/mol. The number of rotatable bonds is 1. The van der Waals surface area contributed by atoms with E-state index >= 15 is 0 Å². The Morgan fingerprint density at radius 3 is 2.67 bits per heavy atom. The fraction of sp³-hybridized carbons (Fsp3) is 0.250. The van der Waals surface area contributed by atoms with Crippen molar-refractivity contribution in [3.63, 3.8) is 0 Å². The molecule has 0 saturated heterocycles. The van der Waals surface area contributed by atoms with Crippen LogP contribution < -0.4 is 10.6 Å². The van der Waals surface area contributed by atoms with E-state index < -0.39 is 5.91 Å². The van der Waals surface area contributed by atoms with Gasteiger partial charge < -0.3 is 5.32 Å². The summed E-state index contributed by atoms with van der Waals surface area (Å²) in [7, 11) is 0. The topological polar surface area (TPSA) is 60.3 Å². The van der Waals surface area contributed by atoms with E-state index in [1.165, 1.54) is 6.92 Å². The number of carbonyl (C=O) groups excluding carboxylic acids is 2. The van der Waals surface area contributed by atoms with Crippen LogP contribution in [0, 0.1) is 0 Å². The van der Waals surface area contributed by atoms with Gasteiger partial charge in [-0.1, -0.05) is 0 Å². The van der Waals surface area contributed by atoms with Crippen LogP contribution in [-0.2, 0) is 9.59 Å². The zero-order chi connectivity index (χ0) is 9.14. The van der Waals surface area contributed by atoms with Gasteiger partial charge in [0.15, 0.2) is 0 Å². The van der Waals surface area contributed by atoms with Crippen LogP contribution in [0.5, 0.6) is 0 Å². The van der Waals surface area contributed by atoms with E-state index in [4.69, 9.17) is 0 Å². The highest BCUT2D eigenvalue weighted by Gasteiger charge is 2.14. The Balaban J connectivity index is 2.76. The molecule has 0 aliphatic carbocycles. The second-order valence-electron chi connectivity index (χ2n) is 2.49. The van der Waals surface area contributed by atoms with Gasteiger partial charge in [-0.3, -0.25) is 9.59 Å². The highest BCUT2D eigenvalue weighted by molar-refractivity contribution is 5.98. The molecule has 0 fully saturated rings. The molecule has 2 amide bonds. The van der Waals surface area contributed by atoms with Gasteiger partial charge in [0, 0.05) is 12.6 Å². The standard InChI is InChI=1S/C8H9N2O2/c1-5-3-4-7(8(12)9-5)10-6(2)11/h3-4H,1-2H3,(H,10,11). The predicted molar refractivity (Wildman–Crippen MR) is 42.8 cm³/mol. The molecule has 0 unspecified atom stereocenters. The van der Waals surface area contributed by atoms with Gasteiger partial charge >= 0.3 is 0 Å². The first-order chi connectivity index (χ1) is 5.59. The molecule has 0 spiro atoms. The minimum absolute atomic E-state index is 0.230. The third-order valence-electron chi connectivity index (χ3n) is 1.31. The molecule has 1 aliphatic rings. The summed E-state index contributed by atoms with van der Waals surface area (Å²) in [6, 6.07) is 0. The molecular formula is C8H9N2O2. The molecule has 1 radical (unpaired) electrons. The molecule has 1 aliphatic heterocycles. The van der Waals surface area contributed by atoms with Crippen LogP contribution in [0.2, 0.25) is 0 Å². The van der Waals surface area contributed by atoms with E-state index in [1.807, 2.05) is 0 Å². The van der Waals surface area contributed by atoms with Crippen molar-refractivity contribution in [1.29, 1.82) is 0 Å². The Morgan fingerprint density at radius 2 is 2.17 bits per heavy atom. The van der Waals surface area contributed by atoms with Crippen LogP contribution in [0.4, 0.5) is 0 Å². The zero-order valence-corrected chi connectivity index (χ0v) is 6.92. The molecule has 4 nitrogen and oxygen atoms in total. The quantitative estimate of drug-likeness (QED) is 0.597. The third-order valence-corrected chi connectivity index (χ3v) is 1.31. The van der Waals surface area contributed by atoms with Crippen LogP contribution in [-0.4, -0.2) is 11.8 Å². The first kappa shape index (κ1) is 8.52. The molecule has 0 aromatic heterocycles. The number of allylic oxidation sites excluding steroid dienone is 3. The number of amides is 2. The van der Waals surface area contributed by atoms with Crippen molar-refractivity contribution < 1.29 is 9.59 Å². The lowest BCUT2D eigenvalue weighted by Crippen LogP contribution is -2.31. The summed E-state index contributed by atoms with van der Waals surface area (Å²) in [5.41, 5.74) is 0.877. The Morgan fingerprint density at radius 1 is 1.50 bits per heavy atom. The van der Waals surface area contributed by atoms with Gasteiger partial charge in [0.05, 0.1) is 0 Å². The van der Waals surface area contributed by atoms with E-state index in [0.717, 1.165) is 0 Å². The molecule has 4 heteroatoms. The highest BCUT2D eigenvalue weighted by Crippen LogP contribution is 2.03. The van der Waals surface area contributed by atoms with Crippen molar-refractivity contribution in [2.75, 3.05) is 0 Å². The normalized spacial score (nSPS) is 16.0. The average Bonchev–Trinajstić information content (AvgIpc) is 1.94. The lowest BCUT2D eigenvalue weighted by molar-refractivity contribution is -0.122. The van der Waals surface area contributed by atoms with Gasteiger partial charge in [-0.2, -0.15) is 0 Å². The molecule has 0 aromatic rings. The number of carbonyl (C=O) groups is 2. The first-order valence-electron chi connectivity index (χ1n) is 3.52. The van der Waals surface area contributed by atoms with E-state index in [0.29, 0.717) is 5.70 Å². The number of nitrogens with one attached hydrogen (secondary N) is 1. The van der Waals surface area contributed by atoms with E-state index in [9.17, 15) is 9.59 Å². The molecule has 12 heavy (non-hydrogen) atoms. The second kappa shape index (κ2) is 3.21. The van der Waals surface area contributed by atoms with Crippen LogP contribution in [0.15, 0.2) is 23.5 Å². The maximum absolute atomic E-state index is 11.0. The van der Waals surface area contributed by atoms with E-state index in [2.05, 4.69) is 10.6 Å². The third kappa shape index (κ3) is 1.95. The number of nitrogens with zero attached hydrogens (tertiary/aromatic N) is 1. The first-order valence-corrected chi connectivity index (χ1v) is 3.52. The van der Waals surface area contributed by atoms with Gasteiger partial charge in [0.25, 0.3) is 5.91 Å². The minimum Gasteiger partial charge on any atom is -0.322 e. The van der Waals surface area contributed by atoms with Crippen LogP contribution in [0.1, 0.15) is 13.8 Å². The molecule has 63 valence electrons. The fourth-order valence-corrected chi connectivity index (χ4v) is 0.818. The van der Waals surface area contributed by atoms with E-state index in [1.54, 1.807) is 19.1 Å². The fourth-order valence-electron chi connectivity index (χ4n) is 0.818. The van der Waals surface area contributed by atoms with Crippen LogP contribution in [0.3, 0.4) is 0 Å². The SMILES string of the molecule is CC(=O)NC1=CC=C(C)[N]C1=O. The van der Waals surface area contributed by atoms with Gasteiger partial charge in [-0.05, 0) is 19.1 Å². The number of hydrogen-bond donors (Lipinski definition) is 1. The molecule has 1 heterocycles. The number of hydrogen-bond acceptors (Lipinski definition) is 2. The molecule has 0 bridgehead atoms. The van der Waals surface area contributed by atoms with Crippen LogP contribution in [0.25, 0.3) is 0 Å². The van der Waals surface area contributed by atoms with E-state index in [-0.39, 0.29) is 11.6 Å². The Kier molecular flexibility index (Phi) is 2.28. The smallest absolute Gasteiger partial charge is 0.293 e. The molecule has 1 rings (SSSR count). The Bertz CT molecular complexity index is 289. The van der Waals surface area contributed by atoms with Gasteiger partial charge in [0.2, 0.25) is 5.91 Å². The molecule has 0 atom stereocenters. The maximum atomic E-state index is 11.0. The Labute approximate surface area is 70.3 Å². The van der Waals surface area contributed by atoms with Crippen molar-refractivity contribution in [1.82, 2.24) is 10.6 Å². The summed E-state index contributed by atoms with van der Waals surface area (Å²) in [5.74, 6) is -0.664. The van der Waals surface area contributed by atoms with Gasteiger partial charge in [-0.15, -0.1) is 0 Å². The Hall–Kier alpha value is -1.58. The average molecular weight is 165 g/mol. The molecule has 1 N–H and O–H groups in total. The van der Waals surface area contributed by atoms with Crippen molar-refractivity contribution in [3.8, 4) is 0 Å². The van der Waals surface area contributed by atoms with Crippen molar-refractivity contribution in [2.45, 2.75) is 13.8 Å². The summed E-state index contributed by atoms with van der Waals surface area (Å²) in [5, 5.41) is 6.04. The van der Waals surface area contributed by atoms with Crippen molar-refractivity contribution >= 4 is 11.8 Å². The monoisotopic (exact) mass is 165 g/mol. The van der Waals surface area contributed by atoms with Gasteiger partial charge in [-0.25, -0.2) is 5.32 Å². The lowest BCUT2D eigenvalue weighted by atomic mass is 10.2. The largest absolute Gasteiger partial charge is 0.322 e. The zero-order valence-electron chi connectivity index (χ0n) is 6.92. The highest BCUT2D eigenvalue weighted by atomic mass is 16.2. The van der Waals surface area contributed by atoms with Crippen LogP contribution >= 0.6 is 0 Å². The minimum atomic E-state index is -0.398. The lowest BCUT2D eigenvalue weighted by Gasteiger charge is -2.10. The summed E-state index contributed by atoms with van der Waals surface area (Å²) < 4.78 is 0. The van der Waals surface area contributed by atoms with Crippen molar-refractivity contribution in [3.05, 3.63) is 23.5 Å². The van der Waals surface area contributed by atoms with Crippen molar-refractivity contribution in [2.24, 2.45) is 0 Å². The summed E-state index contributed by atoms with van der Waals surface area (Å²) in [6.07, 6.45) is 3.22. The molecule has 0 aromatic carbocycles. The second-order valence-corrected chi connectivity index (χ2v) is 2.49. The van der Waals surface area contributed by atoms with Gasteiger partial charge in [0.1, 0.15) is 5.70 Å².